The van der Waals surface area contributed by atoms with Gasteiger partial charge in [-0.1, -0.05) is 11.6 Å². The van der Waals surface area contributed by atoms with Gasteiger partial charge in [0.2, 0.25) is 0 Å². The van der Waals surface area contributed by atoms with Gasteiger partial charge in [0.05, 0.1) is 23.5 Å². The molecule has 1 heterocycles. The molecule has 2 rings (SSSR count). The summed E-state index contributed by atoms with van der Waals surface area (Å²) in [5, 5.41) is 15.7. The third-order valence-electron chi connectivity index (χ3n) is 3.85. The molecule has 6 heteroatoms. The molecule has 1 saturated carbocycles. The summed E-state index contributed by atoms with van der Waals surface area (Å²) in [6, 6.07) is 0.192. The molecule has 0 aliphatic heterocycles. The lowest BCUT2D eigenvalue weighted by Gasteiger charge is -2.35. The van der Waals surface area contributed by atoms with E-state index in [1.807, 2.05) is 18.8 Å². The van der Waals surface area contributed by atoms with Gasteiger partial charge in [-0.25, -0.2) is 0 Å². The second-order valence-corrected chi connectivity index (χ2v) is 6.14. The van der Waals surface area contributed by atoms with E-state index in [2.05, 4.69) is 10.00 Å². The van der Waals surface area contributed by atoms with Crippen molar-refractivity contribution < 1.29 is 5.11 Å². The molecule has 1 fully saturated rings. The molecule has 0 bridgehead atoms. The van der Waals surface area contributed by atoms with Crippen molar-refractivity contribution in [2.24, 2.45) is 5.73 Å². The topological polar surface area (TPSA) is 67.3 Å². The van der Waals surface area contributed by atoms with Gasteiger partial charge in [-0.3, -0.25) is 4.68 Å². The molecule has 5 nitrogen and oxygen atoms in total. The van der Waals surface area contributed by atoms with E-state index in [9.17, 15) is 5.11 Å². The van der Waals surface area contributed by atoms with Gasteiger partial charge in [-0.2, -0.15) is 5.10 Å². The molecule has 0 atom stereocenters. The zero-order valence-electron chi connectivity index (χ0n) is 11.6. The fourth-order valence-corrected chi connectivity index (χ4v) is 2.96. The molecule has 19 heavy (non-hydrogen) atoms. The Kier molecular flexibility index (Phi) is 4.50. The van der Waals surface area contributed by atoms with Gasteiger partial charge < -0.3 is 15.7 Å². The van der Waals surface area contributed by atoms with Crippen molar-refractivity contribution >= 4 is 11.6 Å². The highest BCUT2D eigenvalue weighted by molar-refractivity contribution is 6.31. The van der Waals surface area contributed by atoms with E-state index in [1.54, 1.807) is 6.20 Å². The van der Waals surface area contributed by atoms with Gasteiger partial charge in [0.25, 0.3) is 0 Å². The van der Waals surface area contributed by atoms with Crippen LogP contribution >= 0.6 is 11.6 Å². The zero-order chi connectivity index (χ0) is 14.0. The summed E-state index contributed by atoms with van der Waals surface area (Å²) >= 11 is 6.23. The average Bonchev–Trinajstić information content (AvgIpc) is 2.73. The second kappa shape index (κ2) is 5.79. The SMILES string of the molecule is CN(C)CCn1ncc(Cl)c1C1(O)CCC(N)CC1. The maximum absolute atomic E-state index is 10.9. The van der Waals surface area contributed by atoms with Crippen molar-refractivity contribution in [3.8, 4) is 0 Å². The van der Waals surface area contributed by atoms with Gasteiger partial charge >= 0.3 is 0 Å². The molecule has 0 aromatic carbocycles. The maximum atomic E-state index is 10.9. The summed E-state index contributed by atoms with van der Waals surface area (Å²) < 4.78 is 1.83. The van der Waals surface area contributed by atoms with E-state index in [0.717, 1.165) is 31.6 Å². The van der Waals surface area contributed by atoms with Gasteiger partial charge in [-0.05, 0) is 39.8 Å². The molecule has 0 amide bonds. The van der Waals surface area contributed by atoms with Crippen LogP contribution in [0.1, 0.15) is 31.4 Å². The summed E-state index contributed by atoms with van der Waals surface area (Å²) in [5.41, 5.74) is 5.78. The highest BCUT2D eigenvalue weighted by atomic mass is 35.5. The number of nitrogens with zero attached hydrogens (tertiary/aromatic N) is 3. The molecule has 0 spiro atoms. The minimum Gasteiger partial charge on any atom is -0.384 e. The number of rotatable bonds is 4. The van der Waals surface area contributed by atoms with Gasteiger partial charge in [0, 0.05) is 12.6 Å². The Labute approximate surface area is 119 Å². The second-order valence-electron chi connectivity index (χ2n) is 5.74. The first-order chi connectivity index (χ1) is 8.92. The molecular weight excluding hydrogens is 264 g/mol. The standard InChI is InChI=1S/C13H23ClN4O/c1-17(2)7-8-18-12(11(14)9-16-18)13(19)5-3-10(15)4-6-13/h9-10,19H,3-8,15H2,1-2H3. The van der Waals surface area contributed by atoms with E-state index in [4.69, 9.17) is 17.3 Å². The highest BCUT2D eigenvalue weighted by Crippen LogP contribution is 2.39. The molecule has 108 valence electrons. The first-order valence-electron chi connectivity index (χ1n) is 6.77. The van der Waals surface area contributed by atoms with Crippen LogP contribution in [0, 0.1) is 0 Å². The largest absolute Gasteiger partial charge is 0.384 e. The van der Waals surface area contributed by atoms with E-state index < -0.39 is 5.60 Å². The van der Waals surface area contributed by atoms with Crippen molar-refractivity contribution in [3.63, 3.8) is 0 Å². The number of aromatic nitrogens is 2. The summed E-state index contributed by atoms with van der Waals surface area (Å²) in [6.45, 7) is 1.59. The number of halogens is 1. The molecule has 1 aromatic heterocycles. The molecule has 0 saturated heterocycles. The zero-order valence-corrected chi connectivity index (χ0v) is 12.4. The predicted molar refractivity (Wildman–Crippen MR) is 76.1 cm³/mol. The Hall–Kier alpha value is -0.620. The van der Waals surface area contributed by atoms with E-state index in [-0.39, 0.29) is 6.04 Å². The smallest absolute Gasteiger partial charge is 0.108 e. The van der Waals surface area contributed by atoms with Crippen molar-refractivity contribution in [3.05, 3.63) is 16.9 Å². The number of hydrogen-bond donors (Lipinski definition) is 2. The Balaban J connectivity index is 2.20. The first kappa shape index (κ1) is 14.8. The van der Waals surface area contributed by atoms with Gasteiger partial charge in [0.1, 0.15) is 5.60 Å². The van der Waals surface area contributed by atoms with Crippen LogP contribution in [0.5, 0.6) is 0 Å². The third-order valence-corrected chi connectivity index (χ3v) is 4.13. The van der Waals surface area contributed by atoms with Gasteiger partial charge in [0.15, 0.2) is 0 Å². The maximum Gasteiger partial charge on any atom is 0.108 e. The first-order valence-corrected chi connectivity index (χ1v) is 7.14. The number of nitrogens with two attached hydrogens (primary N) is 1. The lowest BCUT2D eigenvalue weighted by molar-refractivity contribution is -0.0130. The highest BCUT2D eigenvalue weighted by Gasteiger charge is 2.38. The lowest BCUT2D eigenvalue weighted by atomic mass is 9.80. The third kappa shape index (κ3) is 3.28. The average molecular weight is 287 g/mol. The van der Waals surface area contributed by atoms with Crippen molar-refractivity contribution in [1.29, 1.82) is 0 Å². The van der Waals surface area contributed by atoms with Gasteiger partial charge in [-0.15, -0.1) is 0 Å². The molecule has 1 aliphatic rings. The quantitative estimate of drug-likeness (QED) is 0.872. The fraction of sp³-hybridized carbons (Fsp3) is 0.769. The van der Waals surface area contributed by atoms with E-state index >= 15 is 0 Å². The Morgan fingerprint density at radius 2 is 2.16 bits per heavy atom. The van der Waals surface area contributed by atoms with Crippen LogP contribution in [-0.2, 0) is 12.1 Å². The summed E-state index contributed by atoms with van der Waals surface area (Å²) in [6.07, 6.45) is 4.58. The normalized spacial score (nSPS) is 28.0. The number of likely N-dealkylation sites (N-methyl/N-ethyl adjacent to an activating group) is 1. The Bertz CT molecular complexity index is 424. The fourth-order valence-electron chi connectivity index (χ4n) is 2.64. The minimum atomic E-state index is -0.879. The Morgan fingerprint density at radius 3 is 2.74 bits per heavy atom. The van der Waals surface area contributed by atoms with Crippen LogP contribution in [0.25, 0.3) is 0 Å². The monoisotopic (exact) mass is 286 g/mol. The molecule has 3 N–H and O–H groups in total. The molecule has 0 unspecified atom stereocenters. The van der Waals surface area contributed by atoms with Crippen LogP contribution in [0.15, 0.2) is 6.20 Å². The van der Waals surface area contributed by atoms with Crippen LogP contribution < -0.4 is 5.73 Å². The lowest BCUT2D eigenvalue weighted by Crippen LogP contribution is -2.39. The van der Waals surface area contributed by atoms with Crippen LogP contribution in [0.4, 0.5) is 0 Å². The predicted octanol–water partition coefficient (Wildman–Crippen LogP) is 1.19. The number of aliphatic hydroxyl groups is 1. The number of hydrogen-bond acceptors (Lipinski definition) is 4. The van der Waals surface area contributed by atoms with E-state index in [1.165, 1.54) is 0 Å². The molecule has 0 radical (unpaired) electrons. The summed E-state index contributed by atoms with van der Waals surface area (Å²) in [4.78, 5) is 2.08. The van der Waals surface area contributed by atoms with Crippen molar-refractivity contribution in [2.75, 3.05) is 20.6 Å². The van der Waals surface area contributed by atoms with Crippen LogP contribution in [0.2, 0.25) is 5.02 Å². The Morgan fingerprint density at radius 1 is 1.53 bits per heavy atom. The van der Waals surface area contributed by atoms with Crippen molar-refractivity contribution in [1.82, 2.24) is 14.7 Å². The molecule has 1 aromatic rings. The molecular formula is C13H23ClN4O. The van der Waals surface area contributed by atoms with E-state index in [0.29, 0.717) is 17.9 Å². The summed E-state index contributed by atoms with van der Waals surface area (Å²) in [7, 11) is 4.03. The van der Waals surface area contributed by atoms with Crippen molar-refractivity contribution in [2.45, 2.75) is 43.9 Å². The van der Waals surface area contributed by atoms with Crippen LogP contribution in [-0.4, -0.2) is 46.5 Å². The molecule has 1 aliphatic carbocycles. The summed E-state index contributed by atoms with van der Waals surface area (Å²) in [5.74, 6) is 0. The van der Waals surface area contributed by atoms with Crippen LogP contribution in [0.3, 0.4) is 0 Å². The minimum absolute atomic E-state index is 0.192.